The van der Waals surface area contributed by atoms with Crippen LogP contribution < -0.4 is 4.90 Å². The summed E-state index contributed by atoms with van der Waals surface area (Å²) in [5, 5.41) is 0. The van der Waals surface area contributed by atoms with E-state index in [0.717, 1.165) is 29.5 Å². The van der Waals surface area contributed by atoms with E-state index in [9.17, 15) is 4.79 Å². The van der Waals surface area contributed by atoms with Crippen molar-refractivity contribution in [2.24, 2.45) is 0 Å². The number of halogens is 1. The summed E-state index contributed by atoms with van der Waals surface area (Å²) in [6.45, 7) is 1.57. The van der Waals surface area contributed by atoms with Gasteiger partial charge in [-0.2, -0.15) is 0 Å². The molecule has 2 rings (SSSR count). The molecule has 1 heterocycles. The number of carbonyl (C=O) groups is 1. The lowest BCUT2D eigenvalue weighted by atomic mass is 10.2. The minimum absolute atomic E-state index is 0.0765. The standard InChI is InChI=1S/C13H16BrNO3/c1-17-12-6-15(7-13(12)18-2)11-4-3-9(8-16)5-10(11)14/h3-5,8,12-13H,6-7H2,1-2H3. The summed E-state index contributed by atoms with van der Waals surface area (Å²) in [7, 11) is 3.40. The molecule has 0 N–H and O–H groups in total. The number of carbonyl (C=O) groups excluding carboxylic acids is 1. The van der Waals surface area contributed by atoms with Crippen LogP contribution in [-0.2, 0) is 9.47 Å². The lowest BCUT2D eigenvalue weighted by molar-refractivity contribution is -0.00461. The van der Waals surface area contributed by atoms with Crippen molar-refractivity contribution in [3.05, 3.63) is 28.2 Å². The van der Waals surface area contributed by atoms with Crippen molar-refractivity contribution < 1.29 is 14.3 Å². The summed E-state index contributed by atoms with van der Waals surface area (Å²) in [6.07, 6.45) is 0.995. The number of hydrogen-bond acceptors (Lipinski definition) is 4. The Labute approximate surface area is 115 Å². The molecule has 4 nitrogen and oxygen atoms in total. The summed E-state index contributed by atoms with van der Waals surface area (Å²) in [5.41, 5.74) is 1.72. The molecule has 0 spiro atoms. The van der Waals surface area contributed by atoms with Crippen molar-refractivity contribution in [3.8, 4) is 0 Å². The molecule has 1 aliphatic rings. The second-order valence-corrected chi connectivity index (χ2v) is 5.14. The lowest BCUT2D eigenvalue weighted by Gasteiger charge is -2.19. The lowest BCUT2D eigenvalue weighted by Crippen LogP contribution is -2.27. The molecule has 1 aromatic carbocycles. The number of hydrogen-bond donors (Lipinski definition) is 0. The highest BCUT2D eigenvalue weighted by Gasteiger charge is 2.33. The monoisotopic (exact) mass is 313 g/mol. The molecule has 0 amide bonds. The molecule has 0 radical (unpaired) electrons. The Morgan fingerprint density at radius 1 is 1.28 bits per heavy atom. The van der Waals surface area contributed by atoms with Crippen molar-refractivity contribution >= 4 is 27.9 Å². The van der Waals surface area contributed by atoms with E-state index < -0.39 is 0 Å². The van der Waals surface area contributed by atoms with Gasteiger partial charge in [-0.1, -0.05) is 0 Å². The summed E-state index contributed by atoms with van der Waals surface area (Å²) < 4.78 is 11.7. The van der Waals surface area contributed by atoms with Gasteiger partial charge in [-0.05, 0) is 34.1 Å². The smallest absolute Gasteiger partial charge is 0.150 e. The van der Waals surface area contributed by atoms with E-state index >= 15 is 0 Å². The van der Waals surface area contributed by atoms with Crippen molar-refractivity contribution in [2.75, 3.05) is 32.2 Å². The van der Waals surface area contributed by atoms with E-state index in [-0.39, 0.29) is 12.2 Å². The molecular formula is C13H16BrNO3. The largest absolute Gasteiger partial charge is 0.377 e. The van der Waals surface area contributed by atoms with Crippen LogP contribution in [0, 0.1) is 0 Å². The minimum atomic E-state index is 0.0765. The zero-order valence-corrected chi connectivity index (χ0v) is 12.0. The summed E-state index contributed by atoms with van der Waals surface area (Å²) in [5.74, 6) is 0. The fourth-order valence-electron chi connectivity index (χ4n) is 2.25. The first-order valence-electron chi connectivity index (χ1n) is 5.75. The Hall–Kier alpha value is -0.910. The van der Waals surface area contributed by atoms with Crippen LogP contribution in [-0.4, -0.2) is 45.8 Å². The first-order valence-corrected chi connectivity index (χ1v) is 6.54. The van der Waals surface area contributed by atoms with Gasteiger partial charge < -0.3 is 14.4 Å². The van der Waals surface area contributed by atoms with Crippen LogP contribution in [0.2, 0.25) is 0 Å². The first kappa shape index (κ1) is 13.5. The van der Waals surface area contributed by atoms with Crippen molar-refractivity contribution in [1.29, 1.82) is 0 Å². The molecule has 18 heavy (non-hydrogen) atoms. The summed E-state index contributed by atoms with van der Waals surface area (Å²) in [4.78, 5) is 12.9. The van der Waals surface area contributed by atoms with E-state index in [0.29, 0.717) is 5.56 Å². The summed E-state index contributed by atoms with van der Waals surface area (Å²) >= 11 is 3.50. The quantitative estimate of drug-likeness (QED) is 0.798. The van der Waals surface area contributed by atoms with E-state index in [2.05, 4.69) is 20.8 Å². The molecule has 2 atom stereocenters. The van der Waals surface area contributed by atoms with Gasteiger partial charge in [0.15, 0.2) is 0 Å². The number of rotatable bonds is 4. The molecule has 1 aromatic rings. The Bertz CT molecular complexity index is 426. The van der Waals surface area contributed by atoms with Gasteiger partial charge in [-0.15, -0.1) is 0 Å². The van der Waals surface area contributed by atoms with E-state index in [1.54, 1.807) is 14.2 Å². The Balaban J connectivity index is 2.20. The minimum Gasteiger partial charge on any atom is -0.377 e. The van der Waals surface area contributed by atoms with Crippen molar-refractivity contribution in [2.45, 2.75) is 12.2 Å². The molecular weight excluding hydrogens is 298 g/mol. The molecule has 1 saturated heterocycles. The Morgan fingerprint density at radius 3 is 2.33 bits per heavy atom. The highest BCUT2D eigenvalue weighted by Crippen LogP contribution is 2.31. The zero-order valence-electron chi connectivity index (χ0n) is 10.4. The maximum absolute atomic E-state index is 10.7. The van der Waals surface area contributed by atoms with E-state index in [1.807, 2.05) is 18.2 Å². The van der Waals surface area contributed by atoms with Gasteiger partial charge in [-0.3, -0.25) is 4.79 Å². The molecule has 0 aliphatic carbocycles. The molecule has 2 unspecified atom stereocenters. The normalized spacial score (nSPS) is 23.4. The maximum Gasteiger partial charge on any atom is 0.150 e. The maximum atomic E-state index is 10.7. The predicted molar refractivity (Wildman–Crippen MR) is 73.3 cm³/mol. The Morgan fingerprint density at radius 2 is 1.89 bits per heavy atom. The van der Waals surface area contributed by atoms with Gasteiger partial charge >= 0.3 is 0 Å². The molecule has 0 bridgehead atoms. The van der Waals surface area contributed by atoms with Crippen LogP contribution in [0.3, 0.4) is 0 Å². The molecule has 0 aromatic heterocycles. The molecule has 1 fully saturated rings. The van der Waals surface area contributed by atoms with Crippen LogP contribution >= 0.6 is 15.9 Å². The molecule has 1 aliphatic heterocycles. The third-order valence-corrected chi connectivity index (χ3v) is 3.90. The van der Waals surface area contributed by atoms with Crippen LogP contribution in [0.15, 0.2) is 22.7 Å². The van der Waals surface area contributed by atoms with Gasteiger partial charge in [0.1, 0.15) is 18.5 Å². The fourth-order valence-corrected chi connectivity index (χ4v) is 2.89. The predicted octanol–water partition coefficient (Wildman–Crippen LogP) is 2.11. The molecule has 5 heteroatoms. The second kappa shape index (κ2) is 5.82. The number of nitrogens with zero attached hydrogens (tertiary/aromatic N) is 1. The average Bonchev–Trinajstić information content (AvgIpc) is 2.81. The van der Waals surface area contributed by atoms with Gasteiger partial charge in [-0.25, -0.2) is 0 Å². The second-order valence-electron chi connectivity index (χ2n) is 4.28. The van der Waals surface area contributed by atoms with Crippen LogP contribution in [0.5, 0.6) is 0 Å². The van der Waals surface area contributed by atoms with Crippen LogP contribution in [0.4, 0.5) is 5.69 Å². The third kappa shape index (κ3) is 2.58. The summed E-state index contributed by atoms with van der Waals surface area (Å²) in [6, 6.07) is 5.58. The Kier molecular flexibility index (Phi) is 4.37. The fraction of sp³-hybridized carbons (Fsp3) is 0.462. The van der Waals surface area contributed by atoms with Gasteiger partial charge in [0.05, 0.1) is 5.69 Å². The van der Waals surface area contributed by atoms with E-state index in [1.165, 1.54) is 0 Å². The van der Waals surface area contributed by atoms with Crippen molar-refractivity contribution in [3.63, 3.8) is 0 Å². The number of methoxy groups -OCH3 is 2. The SMILES string of the molecule is COC1CN(c2ccc(C=O)cc2Br)CC1OC. The van der Waals surface area contributed by atoms with E-state index in [4.69, 9.17) is 9.47 Å². The topological polar surface area (TPSA) is 38.8 Å². The van der Waals surface area contributed by atoms with Gasteiger partial charge in [0.2, 0.25) is 0 Å². The first-order chi connectivity index (χ1) is 8.69. The molecule has 0 saturated carbocycles. The van der Waals surface area contributed by atoms with Crippen molar-refractivity contribution in [1.82, 2.24) is 0 Å². The number of ether oxygens (including phenoxy) is 2. The van der Waals surface area contributed by atoms with Crippen LogP contribution in [0.1, 0.15) is 10.4 Å². The zero-order chi connectivity index (χ0) is 13.1. The van der Waals surface area contributed by atoms with Crippen LogP contribution in [0.25, 0.3) is 0 Å². The third-order valence-electron chi connectivity index (χ3n) is 3.27. The highest BCUT2D eigenvalue weighted by molar-refractivity contribution is 9.10. The number of anilines is 1. The molecule has 98 valence electrons. The number of aldehydes is 1. The average molecular weight is 314 g/mol. The van der Waals surface area contributed by atoms with Gasteiger partial charge in [0.25, 0.3) is 0 Å². The van der Waals surface area contributed by atoms with Gasteiger partial charge in [0, 0.05) is 37.3 Å². The highest BCUT2D eigenvalue weighted by atomic mass is 79.9. The number of benzene rings is 1.